The molecule has 0 bridgehead atoms. The van der Waals surface area contributed by atoms with E-state index in [4.69, 9.17) is 11.6 Å². The Bertz CT molecular complexity index is 1010. The number of alkyl halides is 2. The van der Waals surface area contributed by atoms with Crippen molar-refractivity contribution in [3.8, 4) is 11.6 Å². The molecule has 0 aliphatic carbocycles. The van der Waals surface area contributed by atoms with E-state index in [1.54, 1.807) is 25.5 Å². The van der Waals surface area contributed by atoms with Gasteiger partial charge in [-0.25, -0.2) is 9.97 Å². The molecule has 10 heteroatoms. The second kappa shape index (κ2) is 10.0. The molecule has 2 heterocycles. The highest BCUT2D eigenvalue weighted by Gasteiger charge is 2.11. The van der Waals surface area contributed by atoms with Crippen LogP contribution < -0.4 is 15.4 Å². The third kappa shape index (κ3) is 5.66. The van der Waals surface area contributed by atoms with Crippen LogP contribution in [-0.2, 0) is 13.1 Å². The van der Waals surface area contributed by atoms with Crippen molar-refractivity contribution in [3.05, 3.63) is 70.9 Å². The number of aromatic nitrogens is 3. The maximum absolute atomic E-state index is 12.6. The van der Waals surface area contributed by atoms with Crippen LogP contribution in [0.25, 0.3) is 5.82 Å². The van der Waals surface area contributed by atoms with Crippen molar-refractivity contribution in [1.82, 2.24) is 25.2 Å². The Labute approximate surface area is 177 Å². The van der Waals surface area contributed by atoms with Gasteiger partial charge in [-0.3, -0.25) is 9.56 Å². The van der Waals surface area contributed by atoms with E-state index in [2.05, 4.69) is 30.3 Å². The van der Waals surface area contributed by atoms with E-state index in [-0.39, 0.29) is 12.3 Å². The van der Waals surface area contributed by atoms with Gasteiger partial charge in [0.2, 0.25) is 0 Å². The molecule has 3 rings (SSSR count). The standard InChI is InChI=1S/C20H21ClF2N6O/c1-13-25-7-8-29(13)18-6-3-14(10-26-18)11-27-20(24-2)28-12-15-9-16(21)4-5-17(15)30-19(22)23/h3-10,19H,11-12H2,1-2H3,(H2,24,27,28). The normalized spacial score (nSPS) is 11.6. The molecule has 0 atom stereocenters. The Morgan fingerprint density at radius 1 is 1.20 bits per heavy atom. The zero-order valence-electron chi connectivity index (χ0n) is 16.4. The Kier molecular flexibility index (Phi) is 7.18. The number of nitrogens with zero attached hydrogens (tertiary/aromatic N) is 4. The van der Waals surface area contributed by atoms with Crippen molar-refractivity contribution in [2.45, 2.75) is 26.6 Å². The van der Waals surface area contributed by atoms with Crippen molar-refractivity contribution >= 4 is 17.6 Å². The predicted molar refractivity (Wildman–Crippen MR) is 111 cm³/mol. The van der Waals surface area contributed by atoms with E-state index in [1.807, 2.05) is 29.8 Å². The van der Waals surface area contributed by atoms with E-state index >= 15 is 0 Å². The summed E-state index contributed by atoms with van der Waals surface area (Å²) in [5.41, 5.74) is 1.44. The van der Waals surface area contributed by atoms with Crippen LogP contribution >= 0.6 is 11.6 Å². The predicted octanol–water partition coefficient (Wildman–Crippen LogP) is 3.70. The molecule has 0 fully saturated rings. The van der Waals surface area contributed by atoms with Crippen molar-refractivity contribution in [3.63, 3.8) is 0 Å². The van der Waals surface area contributed by atoms with Crippen molar-refractivity contribution in [1.29, 1.82) is 0 Å². The molecule has 0 aliphatic heterocycles. The van der Waals surface area contributed by atoms with Gasteiger partial charge in [0.15, 0.2) is 5.96 Å². The maximum Gasteiger partial charge on any atom is 0.387 e. The van der Waals surface area contributed by atoms with Gasteiger partial charge in [-0.2, -0.15) is 8.78 Å². The second-order valence-electron chi connectivity index (χ2n) is 6.28. The number of aryl methyl sites for hydroxylation is 1. The Balaban J connectivity index is 1.58. The van der Waals surface area contributed by atoms with Crippen LogP contribution in [0.2, 0.25) is 5.02 Å². The van der Waals surface area contributed by atoms with Crippen LogP contribution in [-0.4, -0.2) is 34.2 Å². The fraction of sp³-hybridized carbons (Fsp3) is 0.250. The van der Waals surface area contributed by atoms with Gasteiger partial charge in [-0.1, -0.05) is 17.7 Å². The first-order valence-corrected chi connectivity index (χ1v) is 9.47. The van der Waals surface area contributed by atoms with Crippen molar-refractivity contribution in [2.24, 2.45) is 4.99 Å². The van der Waals surface area contributed by atoms with Gasteiger partial charge < -0.3 is 15.4 Å². The SMILES string of the molecule is CN=C(NCc1ccc(-n2ccnc2C)nc1)NCc1cc(Cl)ccc1OC(F)F. The zero-order chi connectivity index (χ0) is 21.5. The van der Waals surface area contributed by atoms with Gasteiger partial charge in [0.1, 0.15) is 17.4 Å². The Morgan fingerprint density at radius 2 is 2.00 bits per heavy atom. The van der Waals surface area contributed by atoms with E-state index < -0.39 is 6.61 Å². The zero-order valence-corrected chi connectivity index (χ0v) is 17.2. The number of halogens is 3. The van der Waals surface area contributed by atoms with Crippen molar-refractivity contribution in [2.75, 3.05) is 7.05 Å². The van der Waals surface area contributed by atoms with Gasteiger partial charge in [0.05, 0.1) is 0 Å². The summed E-state index contributed by atoms with van der Waals surface area (Å²) < 4.78 is 31.6. The van der Waals surface area contributed by atoms with E-state index in [0.29, 0.717) is 23.1 Å². The van der Waals surface area contributed by atoms with Gasteiger partial charge >= 0.3 is 6.61 Å². The molecular weight excluding hydrogens is 414 g/mol. The van der Waals surface area contributed by atoms with E-state index in [0.717, 1.165) is 17.2 Å². The Morgan fingerprint density at radius 3 is 2.63 bits per heavy atom. The first-order chi connectivity index (χ1) is 14.5. The molecule has 30 heavy (non-hydrogen) atoms. The number of rotatable bonds is 7. The molecule has 2 aromatic heterocycles. The molecule has 0 amide bonds. The quantitative estimate of drug-likeness (QED) is 0.438. The number of pyridine rings is 1. The van der Waals surface area contributed by atoms with Crippen LogP contribution in [0, 0.1) is 6.92 Å². The second-order valence-corrected chi connectivity index (χ2v) is 6.72. The minimum Gasteiger partial charge on any atom is -0.434 e. The molecule has 7 nitrogen and oxygen atoms in total. The fourth-order valence-corrected chi connectivity index (χ4v) is 2.96. The van der Waals surface area contributed by atoms with Crippen molar-refractivity contribution < 1.29 is 13.5 Å². The molecule has 0 saturated carbocycles. The molecule has 1 aromatic carbocycles. The van der Waals surface area contributed by atoms with Gasteiger partial charge in [0.25, 0.3) is 0 Å². The van der Waals surface area contributed by atoms with Crippen LogP contribution in [0.5, 0.6) is 5.75 Å². The number of ether oxygens (including phenoxy) is 1. The summed E-state index contributed by atoms with van der Waals surface area (Å²) in [7, 11) is 1.62. The monoisotopic (exact) mass is 434 g/mol. The number of benzene rings is 1. The topological polar surface area (TPSA) is 76.4 Å². The number of hydrogen-bond acceptors (Lipinski definition) is 4. The van der Waals surface area contributed by atoms with Gasteiger partial charge in [0, 0.05) is 49.3 Å². The summed E-state index contributed by atoms with van der Waals surface area (Å²) >= 11 is 5.97. The Hall–Kier alpha value is -3.20. The smallest absolute Gasteiger partial charge is 0.387 e. The highest BCUT2D eigenvalue weighted by molar-refractivity contribution is 6.30. The lowest BCUT2D eigenvalue weighted by atomic mass is 10.2. The average Bonchev–Trinajstić information content (AvgIpc) is 3.16. The molecule has 0 spiro atoms. The molecule has 2 N–H and O–H groups in total. The summed E-state index contributed by atoms with van der Waals surface area (Å²) in [5, 5.41) is 6.64. The lowest BCUT2D eigenvalue weighted by Crippen LogP contribution is -2.36. The average molecular weight is 435 g/mol. The third-order valence-corrected chi connectivity index (χ3v) is 4.49. The van der Waals surface area contributed by atoms with Crippen LogP contribution in [0.15, 0.2) is 53.9 Å². The molecule has 0 radical (unpaired) electrons. The lowest BCUT2D eigenvalue weighted by Gasteiger charge is -2.15. The lowest BCUT2D eigenvalue weighted by molar-refractivity contribution is -0.0504. The summed E-state index contributed by atoms with van der Waals surface area (Å²) in [6.07, 6.45) is 5.34. The molecule has 158 valence electrons. The summed E-state index contributed by atoms with van der Waals surface area (Å²) in [6, 6.07) is 8.34. The first kappa shape index (κ1) is 21.5. The van der Waals surface area contributed by atoms with Gasteiger partial charge in [-0.05, 0) is 36.8 Å². The van der Waals surface area contributed by atoms with E-state index in [1.165, 1.54) is 12.1 Å². The number of nitrogens with one attached hydrogen (secondary N) is 2. The minimum atomic E-state index is -2.91. The highest BCUT2D eigenvalue weighted by Crippen LogP contribution is 2.24. The molecule has 3 aromatic rings. The molecule has 0 aliphatic rings. The number of aliphatic imine (C=N–C) groups is 1. The molecular formula is C20H21ClF2N6O. The third-order valence-electron chi connectivity index (χ3n) is 4.25. The van der Waals surface area contributed by atoms with Crippen LogP contribution in [0.3, 0.4) is 0 Å². The summed E-state index contributed by atoms with van der Waals surface area (Å²) in [5.74, 6) is 2.19. The summed E-state index contributed by atoms with van der Waals surface area (Å²) in [4.78, 5) is 12.8. The van der Waals surface area contributed by atoms with Crippen LogP contribution in [0.4, 0.5) is 8.78 Å². The minimum absolute atomic E-state index is 0.0620. The largest absolute Gasteiger partial charge is 0.434 e. The number of hydrogen-bond donors (Lipinski definition) is 2. The van der Waals surface area contributed by atoms with E-state index in [9.17, 15) is 8.78 Å². The maximum atomic E-state index is 12.6. The summed E-state index contributed by atoms with van der Waals surface area (Å²) in [6.45, 7) is -0.320. The molecule has 0 saturated heterocycles. The first-order valence-electron chi connectivity index (χ1n) is 9.09. The number of guanidine groups is 1. The number of imidazole rings is 1. The fourth-order valence-electron chi connectivity index (χ4n) is 2.77. The van der Waals surface area contributed by atoms with Crippen LogP contribution in [0.1, 0.15) is 17.0 Å². The molecule has 0 unspecified atom stereocenters. The highest BCUT2D eigenvalue weighted by atomic mass is 35.5. The van der Waals surface area contributed by atoms with Gasteiger partial charge in [-0.15, -0.1) is 0 Å².